The number of thioether (sulfide) groups is 1. The van der Waals surface area contributed by atoms with E-state index in [9.17, 15) is 9.59 Å². The number of hydrogen-bond donors (Lipinski definition) is 3. The Morgan fingerprint density at radius 3 is 3.08 bits per heavy atom. The SMILES string of the molecule is O=C1N[C@H](C(=O)NCCO)CS1. The van der Waals surface area contributed by atoms with Gasteiger partial charge in [-0.3, -0.25) is 9.59 Å². The maximum Gasteiger partial charge on any atom is 0.279 e. The number of amides is 2. The summed E-state index contributed by atoms with van der Waals surface area (Å²) in [6.07, 6.45) is 0. The first-order valence-corrected chi connectivity index (χ1v) is 4.54. The second-order valence-electron chi connectivity index (χ2n) is 2.31. The number of aliphatic hydroxyl groups is 1. The number of aliphatic hydroxyl groups excluding tert-OH is 1. The van der Waals surface area contributed by atoms with Crippen LogP contribution in [0.15, 0.2) is 0 Å². The average molecular weight is 190 g/mol. The molecule has 68 valence electrons. The topological polar surface area (TPSA) is 78.4 Å². The molecule has 1 fully saturated rings. The van der Waals surface area contributed by atoms with Crippen LogP contribution in [0.4, 0.5) is 4.79 Å². The molecule has 1 atom stereocenters. The average Bonchev–Trinajstić information content (AvgIpc) is 2.47. The second-order valence-corrected chi connectivity index (χ2v) is 3.30. The molecule has 0 aliphatic carbocycles. The third-order valence-electron chi connectivity index (χ3n) is 1.40. The molecule has 1 heterocycles. The van der Waals surface area contributed by atoms with E-state index in [4.69, 9.17) is 5.11 Å². The number of carbonyl (C=O) groups excluding carboxylic acids is 2. The maximum absolute atomic E-state index is 11.1. The van der Waals surface area contributed by atoms with Crippen LogP contribution in [-0.4, -0.2) is 41.2 Å². The largest absolute Gasteiger partial charge is 0.395 e. The molecule has 5 nitrogen and oxygen atoms in total. The van der Waals surface area contributed by atoms with Crippen molar-refractivity contribution in [3.8, 4) is 0 Å². The molecule has 6 heteroatoms. The summed E-state index contributed by atoms with van der Waals surface area (Å²) in [6.45, 7) is 0.148. The molecule has 1 aliphatic rings. The molecule has 1 rings (SSSR count). The summed E-state index contributed by atoms with van der Waals surface area (Å²) in [5, 5.41) is 13.2. The first-order valence-electron chi connectivity index (χ1n) is 3.56. The van der Waals surface area contributed by atoms with E-state index < -0.39 is 6.04 Å². The molecule has 0 spiro atoms. The third-order valence-corrected chi connectivity index (χ3v) is 2.28. The predicted octanol–water partition coefficient (Wildman–Crippen LogP) is -1.08. The van der Waals surface area contributed by atoms with Crippen LogP contribution in [0.3, 0.4) is 0 Å². The molecule has 0 aromatic rings. The molecule has 3 N–H and O–H groups in total. The lowest BCUT2D eigenvalue weighted by molar-refractivity contribution is -0.122. The fraction of sp³-hybridized carbons (Fsp3) is 0.667. The number of nitrogens with one attached hydrogen (secondary N) is 2. The van der Waals surface area contributed by atoms with E-state index in [0.717, 1.165) is 11.8 Å². The highest BCUT2D eigenvalue weighted by molar-refractivity contribution is 8.14. The van der Waals surface area contributed by atoms with E-state index in [1.165, 1.54) is 0 Å². The van der Waals surface area contributed by atoms with Gasteiger partial charge in [-0.15, -0.1) is 0 Å². The Hall–Kier alpha value is -0.750. The van der Waals surface area contributed by atoms with Gasteiger partial charge in [0.15, 0.2) is 0 Å². The standard InChI is InChI=1S/C6H10N2O3S/c9-2-1-7-5(10)4-3-12-6(11)8-4/h4,9H,1-3H2,(H,7,10)(H,8,11)/t4-/m0/s1. The first kappa shape index (κ1) is 9.34. The quantitative estimate of drug-likeness (QED) is 0.529. The Bertz CT molecular complexity index is 197. The van der Waals surface area contributed by atoms with Crippen molar-refractivity contribution in [2.45, 2.75) is 6.04 Å². The van der Waals surface area contributed by atoms with Gasteiger partial charge in [0.05, 0.1) is 6.61 Å². The van der Waals surface area contributed by atoms with Gasteiger partial charge in [-0.2, -0.15) is 0 Å². The van der Waals surface area contributed by atoms with E-state index in [1.54, 1.807) is 0 Å². The minimum absolute atomic E-state index is 0.0838. The molecule has 0 saturated carbocycles. The van der Waals surface area contributed by atoms with Crippen molar-refractivity contribution in [3.05, 3.63) is 0 Å². The molecule has 1 aliphatic heterocycles. The Morgan fingerprint density at radius 2 is 2.58 bits per heavy atom. The molecule has 0 aromatic carbocycles. The lowest BCUT2D eigenvalue weighted by Gasteiger charge is -2.08. The normalized spacial score (nSPS) is 22.1. The van der Waals surface area contributed by atoms with Crippen LogP contribution in [0.25, 0.3) is 0 Å². The molecule has 2 amide bonds. The first-order chi connectivity index (χ1) is 5.74. The van der Waals surface area contributed by atoms with E-state index in [2.05, 4.69) is 10.6 Å². The van der Waals surface area contributed by atoms with Gasteiger partial charge in [0, 0.05) is 12.3 Å². The summed E-state index contributed by atoms with van der Waals surface area (Å²) >= 11 is 1.09. The molecule has 0 aromatic heterocycles. The Morgan fingerprint density at radius 1 is 1.83 bits per heavy atom. The zero-order valence-electron chi connectivity index (χ0n) is 6.37. The van der Waals surface area contributed by atoms with Crippen molar-refractivity contribution < 1.29 is 14.7 Å². The van der Waals surface area contributed by atoms with Gasteiger partial charge in [-0.1, -0.05) is 11.8 Å². The van der Waals surface area contributed by atoms with Gasteiger partial charge in [-0.25, -0.2) is 0 Å². The lowest BCUT2D eigenvalue weighted by Crippen LogP contribution is -2.43. The van der Waals surface area contributed by atoms with E-state index in [-0.39, 0.29) is 24.3 Å². The van der Waals surface area contributed by atoms with Crippen molar-refractivity contribution in [3.63, 3.8) is 0 Å². The maximum atomic E-state index is 11.1. The summed E-state index contributed by atoms with van der Waals surface area (Å²) in [5.41, 5.74) is 0. The minimum atomic E-state index is -0.436. The fourth-order valence-electron chi connectivity index (χ4n) is 0.828. The van der Waals surface area contributed by atoms with Crippen molar-refractivity contribution >= 4 is 22.9 Å². The van der Waals surface area contributed by atoms with Crippen molar-refractivity contribution in [2.75, 3.05) is 18.9 Å². The van der Waals surface area contributed by atoms with E-state index >= 15 is 0 Å². The van der Waals surface area contributed by atoms with Gasteiger partial charge in [0.1, 0.15) is 6.04 Å². The number of hydrogen-bond acceptors (Lipinski definition) is 4. The van der Waals surface area contributed by atoms with Gasteiger partial charge in [0.2, 0.25) is 5.91 Å². The number of rotatable bonds is 3. The third kappa shape index (κ3) is 2.38. The smallest absolute Gasteiger partial charge is 0.279 e. The van der Waals surface area contributed by atoms with Crippen LogP contribution in [0.5, 0.6) is 0 Å². The van der Waals surface area contributed by atoms with E-state index in [1.807, 2.05) is 0 Å². The zero-order valence-corrected chi connectivity index (χ0v) is 7.19. The van der Waals surface area contributed by atoms with Gasteiger partial charge in [0.25, 0.3) is 5.24 Å². The van der Waals surface area contributed by atoms with Crippen molar-refractivity contribution in [1.82, 2.24) is 10.6 Å². The van der Waals surface area contributed by atoms with Crippen LogP contribution in [0.1, 0.15) is 0 Å². The van der Waals surface area contributed by atoms with Crippen LogP contribution in [-0.2, 0) is 4.79 Å². The van der Waals surface area contributed by atoms with Crippen LogP contribution < -0.4 is 10.6 Å². The predicted molar refractivity (Wildman–Crippen MR) is 44.9 cm³/mol. The van der Waals surface area contributed by atoms with Crippen LogP contribution in [0.2, 0.25) is 0 Å². The highest BCUT2D eigenvalue weighted by atomic mass is 32.2. The number of carbonyl (C=O) groups is 2. The Balaban J connectivity index is 2.28. The molecular formula is C6H10N2O3S. The highest BCUT2D eigenvalue weighted by Gasteiger charge is 2.27. The summed E-state index contributed by atoms with van der Waals surface area (Å²) in [7, 11) is 0. The lowest BCUT2D eigenvalue weighted by atomic mass is 10.3. The van der Waals surface area contributed by atoms with E-state index in [0.29, 0.717) is 5.75 Å². The summed E-state index contributed by atoms with van der Waals surface area (Å²) < 4.78 is 0. The molecule has 1 saturated heterocycles. The summed E-state index contributed by atoms with van der Waals surface area (Å²) in [4.78, 5) is 21.8. The molecule has 0 radical (unpaired) electrons. The highest BCUT2D eigenvalue weighted by Crippen LogP contribution is 2.12. The Labute approximate surface area is 73.9 Å². The minimum Gasteiger partial charge on any atom is -0.395 e. The van der Waals surface area contributed by atoms with Gasteiger partial charge in [-0.05, 0) is 0 Å². The van der Waals surface area contributed by atoms with Gasteiger partial charge >= 0.3 is 0 Å². The van der Waals surface area contributed by atoms with Crippen LogP contribution in [0, 0.1) is 0 Å². The van der Waals surface area contributed by atoms with Crippen molar-refractivity contribution in [1.29, 1.82) is 0 Å². The van der Waals surface area contributed by atoms with Crippen molar-refractivity contribution in [2.24, 2.45) is 0 Å². The molecule has 0 bridgehead atoms. The monoisotopic (exact) mass is 190 g/mol. The summed E-state index contributed by atoms with van der Waals surface area (Å²) in [5.74, 6) is 0.234. The van der Waals surface area contributed by atoms with Gasteiger partial charge < -0.3 is 15.7 Å². The molecular weight excluding hydrogens is 180 g/mol. The molecule has 12 heavy (non-hydrogen) atoms. The Kier molecular flexibility index (Phi) is 3.36. The zero-order chi connectivity index (χ0) is 8.97. The fourth-order valence-corrected chi connectivity index (χ4v) is 1.61. The summed E-state index contributed by atoms with van der Waals surface area (Å²) in [6, 6.07) is -0.436. The van der Waals surface area contributed by atoms with Crippen LogP contribution >= 0.6 is 11.8 Å². The second kappa shape index (κ2) is 4.32. The molecule has 0 unspecified atom stereocenters.